The molecular formula is C14H14N6S. The summed E-state index contributed by atoms with van der Waals surface area (Å²) >= 11 is 1.85. The topological polar surface area (TPSA) is 62.6 Å². The van der Waals surface area contributed by atoms with Crippen LogP contribution in [-0.2, 0) is 7.05 Å². The summed E-state index contributed by atoms with van der Waals surface area (Å²) in [4.78, 5) is 19.4. The normalized spacial score (nSPS) is 15.5. The second-order valence-electron chi connectivity index (χ2n) is 4.86. The summed E-state index contributed by atoms with van der Waals surface area (Å²) in [5, 5.41) is 1.05. The van der Waals surface area contributed by atoms with Crippen LogP contribution in [0.25, 0.3) is 15.9 Å². The van der Waals surface area contributed by atoms with Crippen LogP contribution in [0.15, 0.2) is 37.3 Å². The third kappa shape index (κ3) is 2.09. The standard InChI is InChI=1S/C14H14N6S/c1-19-9-15-6-11(19)12-7-20(4-5-21-12)14-10-2-3-16-13(10)17-8-18-14/h2-3,6-9H,4-5H2,1H3,(H,16,17,18). The average Bonchev–Trinajstić information content (AvgIpc) is 3.15. The minimum Gasteiger partial charge on any atom is -0.346 e. The average molecular weight is 298 g/mol. The highest BCUT2D eigenvalue weighted by Crippen LogP contribution is 2.33. The Morgan fingerprint density at radius 2 is 2.29 bits per heavy atom. The Balaban J connectivity index is 1.79. The third-order valence-electron chi connectivity index (χ3n) is 3.54. The molecule has 1 aliphatic heterocycles. The largest absolute Gasteiger partial charge is 0.346 e. The van der Waals surface area contributed by atoms with E-state index >= 15 is 0 Å². The zero-order valence-corrected chi connectivity index (χ0v) is 12.3. The van der Waals surface area contributed by atoms with Crippen molar-refractivity contribution >= 4 is 33.5 Å². The van der Waals surface area contributed by atoms with E-state index in [1.165, 1.54) is 4.91 Å². The first-order valence-corrected chi connectivity index (χ1v) is 7.67. The van der Waals surface area contributed by atoms with Crippen molar-refractivity contribution in [3.63, 3.8) is 0 Å². The monoisotopic (exact) mass is 298 g/mol. The van der Waals surface area contributed by atoms with Crippen molar-refractivity contribution < 1.29 is 0 Å². The van der Waals surface area contributed by atoms with Crippen LogP contribution in [0.5, 0.6) is 0 Å². The van der Waals surface area contributed by atoms with E-state index in [0.29, 0.717) is 0 Å². The molecule has 0 bridgehead atoms. The van der Waals surface area contributed by atoms with Crippen LogP contribution >= 0.6 is 11.8 Å². The molecule has 3 aromatic heterocycles. The van der Waals surface area contributed by atoms with E-state index in [-0.39, 0.29) is 0 Å². The molecule has 0 aromatic carbocycles. The predicted molar refractivity (Wildman–Crippen MR) is 84.9 cm³/mol. The highest BCUT2D eigenvalue weighted by molar-refractivity contribution is 8.08. The fourth-order valence-electron chi connectivity index (χ4n) is 2.49. The van der Waals surface area contributed by atoms with Gasteiger partial charge in [-0.25, -0.2) is 15.0 Å². The lowest BCUT2D eigenvalue weighted by molar-refractivity contribution is 0.897. The van der Waals surface area contributed by atoms with Gasteiger partial charge in [0, 0.05) is 36.6 Å². The number of aromatic amines is 1. The molecule has 1 aliphatic rings. The molecule has 1 N–H and O–H groups in total. The van der Waals surface area contributed by atoms with Crippen molar-refractivity contribution in [3.8, 4) is 0 Å². The molecule has 0 saturated carbocycles. The summed E-state index contributed by atoms with van der Waals surface area (Å²) in [6.07, 6.45) is 9.37. The van der Waals surface area contributed by atoms with E-state index in [2.05, 4.69) is 31.0 Å². The van der Waals surface area contributed by atoms with Crippen molar-refractivity contribution in [3.05, 3.63) is 43.0 Å². The Kier molecular flexibility index (Phi) is 2.92. The number of hydrogen-bond acceptors (Lipinski definition) is 5. The maximum absolute atomic E-state index is 4.46. The van der Waals surface area contributed by atoms with Crippen molar-refractivity contribution in [1.29, 1.82) is 0 Å². The molecule has 21 heavy (non-hydrogen) atoms. The molecule has 0 unspecified atom stereocenters. The maximum Gasteiger partial charge on any atom is 0.145 e. The zero-order chi connectivity index (χ0) is 14.2. The van der Waals surface area contributed by atoms with E-state index in [4.69, 9.17) is 0 Å². The predicted octanol–water partition coefficient (Wildman–Crippen LogP) is 2.24. The summed E-state index contributed by atoms with van der Waals surface area (Å²) in [6, 6.07) is 2.02. The van der Waals surface area contributed by atoms with Crippen LogP contribution in [0.2, 0.25) is 0 Å². The van der Waals surface area contributed by atoms with Crippen molar-refractivity contribution in [2.24, 2.45) is 7.05 Å². The van der Waals surface area contributed by atoms with Gasteiger partial charge < -0.3 is 14.5 Å². The number of aryl methyl sites for hydroxylation is 1. The van der Waals surface area contributed by atoms with E-state index in [1.54, 1.807) is 6.33 Å². The number of fused-ring (bicyclic) bond motifs is 1. The van der Waals surface area contributed by atoms with Gasteiger partial charge in [-0.1, -0.05) is 0 Å². The molecule has 0 spiro atoms. The highest BCUT2D eigenvalue weighted by atomic mass is 32.2. The molecule has 0 aliphatic carbocycles. The lowest BCUT2D eigenvalue weighted by atomic mass is 10.3. The van der Waals surface area contributed by atoms with Gasteiger partial charge in [0.15, 0.2) is 0 Å². The maximum atomic E-state index is 4.46. The SMILES string of the molecule is Cn1cncc1C1=CN(c2ncnc3[nH]ccc23)CCS1. The van der Waals surface area contributed by atoms with E-state index in [9.17, 15) is 0 Å². The molecule has 0 saturated heterocycles. The molecule has 3 aromatic rings. The number of nitrogens with zero attached hydrogens (tertiary/aromatic N) is 5. The molecule has 6 nitrogen and oxygen atoms in total. The quantitative estimate of drug-likeness (QED) is 0.786. The summed E-state index contributed by atoms with van der Waals surface area (Å²) in [5.41, 5.74) is 2.00. The third-order valence-corrected chi connectivity index (χ3v) is 4.55. The van der Waals surface area contributed by atoms with Crippen LogP contribution < -0.4 is 4.90 Å². The Morgan fingerprint density at radius 3 is 3.14 bits per heavy atom. The van der Waals surface area contributed by atoms with E-state index in [1.807, 2.05) is 48.2 Å². The molecule has 0 radical (unpaired) electrons. The Hall–Kier alpha value is -2.28. The zero-order valence-electron chi connectivity index (χ0n) is 11.5. The van der Waals surface area contributed by atoms with Gasteiger partial charge in [-0.15, -0.1) is 11.8 Å². The number of aromatic nitrogens is 5. The van der Waals surface area contributed by atoms with Gasteiger partial charge in [0.05, 0.1) is 23.6 Å². The van der Waals surface area contributed by atoms with E-state index in [0.717, 1.165) is 34.8 Å². The minimum atomic E-state index is 0.869. The minimum absolute atomic E-state index is 0.869. The van der Waals surface area contributed by atoms with Gasteiger partial charge in [-0.05, 0) is 6.07 Å². The molecular weight excluding hydrogens is 284 g/mol. The molecule has 4 rings (SSSR count). The first-order chi connectivity index (χ1) is 10.3. The fourth-order valence-corrected chi connectivity index (χ4v) is 3.54. The van der Waals surface area contributed by atoms with Gasteiger partial charge >= 0.3 is 0 Å². The van der Waals surface area contributed by atoms with Gasteiger partial charge in [0.25, 0.3) is 0 Å². The first-order valence-electron chi connectivity index (χ1n) is 6.69. The van der Waals surface area contributed by atoms with Gasteiger partial charge in [-0.2, -0.15) is 0 Å². The number of H-pyrrole nitrogens is 1. The molecule has 0 amide bonds. The Labute approximate surface area is 125 Å². The Bertz CT molecular complexity index is 818. The lowest BCUT2D eigenvalue weighted by Gasteiger charge is -2.25. The first kappa shape index (κ1) is 12.5. The molecule has 0 fully saturated rings. The number of anilines is 1. The number of nitrogens with one attached hydrogen (secondary N) is 1. The lowest BCUT2D eigenvalue weighted by Crippen LogP contribution is -2.24. The van der Waals surface area contributed by atoms with Crippen LogP contribution in [0.1, 0.15) is 5.69 Å². The number of rotatable bonds is 2. The molecule has 4 heterocycles. The number of imidazole rings is 1. The van der Waals surface area contributed by atoms with Crippen molar-refractivity contribution in [2.45, 2.75) is 0 Å². The van der Waals surface area contributed by atoms with Crippen molar-refractivity contribution in [2.75, 3.05) is 17.2 Å². The summed E-state index contributed by atoms with van der Waals surface area (Å²) in [5.74, 6) is 1.97. The summed E-state index contributed by atoms with van der Waals surface area (Å²) in [6.45, 7) is 0.934. The fraction of sp³-hybridized carbons (Fsp3) is 0.214. The smallest absolute Gasteiger partial charge is 0.145 e. The van der Waals surface area contributed by atoms with Crippen LogP contribution in [-0.4, -0.2) is 36.8 Å². The van der Waals surface area contributed by atoms with Crippen LogP contribution in [0.3, 0.4) is 0 Å². The van der Waals surface area contributed by atoms with Crippen molar-refractivity contribution in [1.82, 2.24) is 24.5 Å². The van der Waals surface area contributed by atoms with Gasteiger partial charge in [-0.3, -0.25) is 0 Å². The summed E-state index contributed by atoms with van der Waals surface area (Å²) < 4.78 is 2.04. The van der Waals surface area contributed by atoms with Crippen LogP contribution in [0, 0.1) is 0 Å². The molecule has 7 heteroatoms. The summed E-state index contributed by atoms with van der Waals surface area (Å²) in [7, 11) is 2.01. The van der Waals surface area contributed by atoms with Gasteiger partial charge in [0.1, 0.15) is 17.8 Å². The second-order valence-corrected chi connectivity index (χ2v) is 6.00. The molecule has 0 atom stereocenters. The Morgan fingerprint density at radius 1 is 1.33 bits per heavy atom. The second kappa shape index (κ2) is 4.92. The van der Waals surface area contributed by atoms with E-state index < -0.39 is 0 Å². The number of thioether (sulfide) groups is 1. The van der Waals surface area contributed by atoms with Crippen LogP contribution in [0.4, 0.5) is 5.82 Å². The van der Waals surface area contributed by atoms with Gasteiger partial charge in [0.2, 0.25) is 0 Å². The molecule has 106 valence electrons. The number of hydrogen-bond donors (Lipinski definition) is 1. The highest BCUT2D eigenvalue weighted by Gasteiger charge is 2.18.